The molecule has 1 aromatic carbocycles. The fraction of sp³-hybridized carbons (Fsp3) is 0.467. The van der Waals surface area contributed by atoms with E-state index < -0.39 is 0 Å². The highest BCUT2D eigenvalue weighted by Gasteiger charge is 2.04. The second-order valence-electron chi connectivity index (χ2n) is 5.54. The molecule has 0 amide bonds. The third-order valence-electron chi connectivity index (χ3n) is 3.15. The van der Waals surface area contributed by atoms with Gasteiger partial charge in [0, 0.05) is 18.7 Å². The van der Waals surface area contributed by atoms with Crippen LogP contribution in [0, 0.1) is 13.8 Å². The molecule has 0 bridgehead atoms. The van der Waals surface area contributed by atoms with Gasteiger partial charge in [-0.15, -0.1) is 0 Å². The fourth-order valence-corrected chi connectivity index (χ4v) is 2.26. The van der Waals surface area contributed by atoms with Crippen molar-refractivity contribution in [3.8, 4) is 0 Å². The standard InChI is InChI=1S/C15H25N5S2/c1-11-7-5-8-12(2)13(11)17-15(22)19-18-14(21)16-9-6-10-20(3)4/h5,7-8H,6,9-10H2,1-4H3,(H2,16,18,21)(H2,17,19,22)/p+1. The first-order chi connectivity index (χ1) is 10.4. The predicted octanol–water partition coefficient (Wildman–Crippen LogP) is 0.504. The average Bonchev–Trinajstić information content (AvgIpc) is 2.45. The van der Waals surface area contributed by atoms with Crippen LogP contribution in [0.3, 0.4) is 0 Å². The van der Waals surface area contributed by atoms with Crippen LogP contribution in [0.15, 0.2) is 18.2 Å². The molecule has 5 N–H and O–H groups in total. The van der Waals surface area contributed by atoms with E-state index in [1.54, 1.807) is 0 Å². The van der Waals surface area contributed by atoms with E-state index in [1.165, 1.54) is 4.90 Å². The zero-order chi connectivity index (χ0) is 16.5. The van der Waals surface area contributed by atoms with Crippen LogP contribution in [0.4, 0.5) is 5.69 Å². The lowest BCUT2D eigenvalue weighted by Crippen LogP contribution is -3.05. The van der Waals surface area contributed by atoms with E-state index in [4.69, 9.17) is 24.4 Å². The highest BCUT2D eigenvalue weighted by molar-refractivity contribution is 7.80. The molecule has 1 aromatic rings. The maximum absolute atomic E-state index is 5.27. The number of nitrogens with one attached hydrogen (secondary N) is 5. The van der Waals surface area contributed by atoms with Crippen molar-refractivity contribution in [2.24, 2.45) is 0 Å². The number of anilines is 1. The molecule has 0 heterocycles. The van der Waals surface area contributed by atoms with Gasteiger partial charge in [0.15, 0.2) is 10.2 Å². The summed E-state index contributed by atoms with van der Waals surface area (Å²) in [6, 6.07) is 6.12. The first kappa shape index (κ1) is 18.6. The molecule has 0 atom stereocenters. The van der Waals surface area contributed by atoms with Gasteiger partial charge in [-0.05, 0) is 49.4 Å². The molecule has 0 saturated carbocycles. The predicted molar refractivity (Wildman–Crippen MR) is 101 cm³/mol. The molecule has 7 heteroatoms. The number of quaternary nitrogens is 1. The maximum atomic E-state index is 5.27. The smallest absolute Gasteiger partial charge is 0.189 e. The van der Waals surface area contributed by atoms with E-state index in [0.717, 1.165) is 36.3 Å². The van der Waals surface area contributed by atoms with Crippen molar-refractivity contribution in [3.05, 3.63) is 29.3 Å². The van der Waals surface area contributed by atoms with E-state index in [0.29, 0.717) is 10.2 Å². The van der Waals surface area contributed by atoms with Crippen molar-refractivity contribution in [2.75, 3.05) is 32.5 Å². The van der Waals surface area contributed by atoms with Crippen LogP contribution in [0.5, 0.6) is 0 Å². The topological polar surface area (TPSA) is 52.6 Å². The van der Waals surface area contributed by atoms with Crippen LogP contribution in [0.1, 0.15) is 17.5 Å². The highest BCUT2D eigenvalue weighted by Crippen LogP contribution is 2.18. The molecule has 122 valence electrons. The molecule has 0 fully saturated rings. The van der Waals surface area contributed by atoms with Gasteiger partial charge in [0.05, 0.1) is 20.6 Å². The molecule has 0 aromatic heterocycles. The zero-order valence-electron chi connectivity index (χ0n) is 13.7. The SMILES string of the molecule is Cc1cccc(C)c1NC(=S)NNC(=S)NCCC[NH+](C)C. The average molecular weight is 341 g/mol. The van der Waals surface area contributed by atoms with Crippen molar-refractivity contribution in [1.29, 1.82) is 0 Å². The lowest BCUT2D eigenvalue weighted by Gasteiger charge is -2.16. The van der Waals surface area contributed by atoms with Gasteiger partial charge < -0.3 is 15.5 Å². The summed E-state index contributed by atoms with van der Waals surface area (Å²) in [5, 5.41) is 7.35. The van der Waals surface area contributed by atoms with E-state index in [2.05, 4.69) is 35.6 Å². The molecule has 22 heavy (non-hydrogen) atoms. The van der Waals surface area contributed by atoms with Gasteiger partial charge in [-0.2, -0.15) is 0 Å². The molecule has 0 aliphatic heterocycles. The van der Waals surface area contributed by atoms with Crippen LogP contribution in [0.25, 0.3) is 0 Å². The van der Waals surface area contributed by atoms with Crippen LogP contribution in [-0.4, -0.2) is 37.4 Å². The summed E-state index contributed by atoms with van der Waals surface area (Å²) in [5.74, 6) is 0. The lowest BCUT2D eigenvalue weighted by atomic mass is 10.1. The Morgan fingerprint density at radius 2 is 1.64 bits per heavy atom. The van der Waals surface area contributed by atoms with Crippen LogP contribution < -0.4 is 26.4 Å². The van der Waals surface area contributed by atoms with Crippen molar-refractivity contribution >= 4 is 40.3 Å². The maximum Gasteiger partial charge on any atom is 0.189 e. The van der Waals surface area contributed by atoms with Gasteiger partial charge in [-0.25, -0.2) is 0 Å². The number of rotatable bonds is 5. The summed E-state index contributed by atoms with van der Waals surface area (Å²) in [7, 11) is 4.27. The van der Waals surface area contributed by atoms with Gasteiger partial charge in [0.2, 0.25) is 0 Å². The largest absolute Gasteiger partial charge is 0.361 e. The van der Waals surface area contributed by atoms with Gasteiger partial charge in [0.25, 0.3) is 0 Å². The normalized spacial score (nSPS) is 10.2. The summed E-state index contributed by atoms with van der Waals surface area (Å²) in [6.07, 6.45) is 1.06. The van der Waals surface area contributed by atoms with Gasteiger partial charge in [-0.3, -0.25) is 10.9 Å². The summed E-state index contributed by atoms with van der Waals surface area (Å²) >= 11 is 10.5. The number of thiocarbonyl (C=S) groups is 2. The summed E-state index contributed by atoms with van der Waals surface area (Å²) in [6.45, 7) is 6.04. The number of hydrazine groups is 1. The Morgan fingerprint density at radius 3 is 2.23 bits per heavy atom. The van der Waals surface area contributed by atoms with E-state index >= 15 is 0 Å². The second kappa shape index (κ2) is 9.55. The van der Waals surface area contributed by atoms with Crippen molar-refractivity contribution < 1.29 is 4.90 Å². The number of aryl methyl sites for hydroxylation is 2. The van der Waals surface area contributed by atoms with Gasteiger partial charge in [0.1, 0.15) is 0 Å². The molecule has 0 spiro atoms. The lowest BCUT2D eigenvalue weighted by molar-refractivity contribution is -0.858. The monoisotopic (exact) mass is 340 g/mol. The van der Waals surface area contributed by atoms with Crippen molar-refractivity contribution in [1.82, 2.24) is 16.2 Å². The second-order valence-corrected chi connectivity index (χ2v) is 6.35. The Hall–Kier alpha value is -1.44. The number of benzene rings is 1. The molecule has 0 unspecified atom stereocenters. The third kappa shape index (κ3) is 7.02. The van der Waals surface area contributed by atoms with Crippen LogP contribution >= 0.6 is 24.4 Å². The molecule has 5 nitrogen and oxygen atoms in total. The zero-order valence-corrected chi connectivity index (χ0v) is 15.3. The number of hydrogen-bond donors (Lipinski definition) is 5. The molecule has 0 saturated heterocycles. The Morgan fingerprint density at radius 1 is 1.05 bits per heavy atom. The minimum absolute atomic E-state index is 0.485. The number of hydrogen-bond acceptors (Lipinski definition) is 2. The molecule has 0 radical (unpaired) electrons. The van der Waals surface area contributed by atoms with Crippen molar-refractivity contribution in [3.63, 3.8) is 0 Å². The summed E-state index contributed by atoms with van der Waals surface area (Å²) in [5.41, 5.74) is 9.11. The molecule has 0 aliphatic carbocycles. The van der Waals surface area contributed by atoms with Crippen LogP contribution in [0.2, 0.25) is 0 Å². The Labute approximate surface area is 143 Å². The first-order valence-electron chi connectivity index (χ1n) is 7.36. The van der Waals surface area contributed by atoms with Gasteiger partial charge in [-0.1, -0.05) is 18.2 Å². The van der Waals surface area contributed by atoms with E-state index in [-0.39, 0.29) is 0 Å². The Balaban J connectivity index is 2.30. The highest BCUT2D eigenvalue weighted by atomic mass is 32.1. The molecular weight excluding hydrogens is 314 g/mol. The minimum atomic E-state index is 0.485. The van der Waals surface area contributed by atoms with E-state index in [1.807, 2.05) is 32.0 Å². The first-order valence-corrected chi connectivity index (χ1v) is 8.18. The minimum Gasteiger partial charge on any atom is -0.361 e. The number of para-hydroxylation sites is 1. The third-order valence-corrected chi connectivity index (χ3v) is 3.60. The Bertz CT molecular complexity index is 496. The van der Waals surface area contributed by atoms with E-state index in [9.17, 15) is 0 Å². The Kier molecular flexibility index (Phi) is 8.08. The van der Waals surface area contributed by atoms with Gasteiger partial charge >= 0.3 is 0 Å². The fourth-order valence-electron chi connectivity index (χ4n) is 1.96. The molecule has 1 rings (SSSR count). The molecule has 0 aliphatic rings. The van der Waals surface area contributed by atoms with Crippen molar-refractivity contribution in [2.45, 2.75) is 20.3 Å². The summed E-state index contributed by atoms with van der Waals surface area (Å²) in [4.78, 5) is 1.43. The molecular formula is C15H26N5S2+. The quantitative estimate of drug-likeness (QED) is 0.306. The van der Waals surface area contributed by atoms with Crippen LogP contribution in [-0.2, 0) is 0 Å². The summed E-state index contributed by atoms with van der Waals surface area (Å²) < 4.78 is 0.